The van der Waals surface area contributed by atoms with Crippen LogP contribution in [0.2, 0.25) is 0 Å². The molecule has 0 unspecified atom stereocenters. The Morgan fingerprint density at radius 3 is 2.59 bits per heavy atom. The zero-order chi connectivity index (χ0) is 22.7. The first kappa shape index (κ1) is 21.4. The Kier molecular flexibility index (Phi) is 6.09. The van der Waals surface area contributed by atoms with Crippen LogP contribution in [-0.4, -0.2) is 51.4 Å². The van der Waals surface area contributed by atoms with E-state index < -0.39 is 35.7 Å². The van der Waals surface area contributed by atoms with Crippen LogP contribution in [0.1, 0.15) is 22.5 Å². The van der Waals surface area contributed by atoms with Crippen molar-refractivity contribution >= 4 is 28.6 Å². The average molecular weight is 436 g/mol. The van der Waals surface area contributed by atoms with Crippen LogP contribution in [0.5, 0.6) is 0 Å². The minimum atomic E-state index is -0.992. The highest BCUT2D eigenvalue weighted by molar-refractivity contribution is 5.97. The van der Waals surface area contributed by atoms with Gasteiger partial charge in [0.25, 0.3) is 11.8 Å². The molecule has 3 amide bonds. The Balaban J connectivity index is 1.40. The molecule has 1 fully saturated rings. The summed E-state index contributed by atoms with van der Waals surface area (Å²) in [4.78, 5) is 43.2. The maximum absolute atomic E-state index is 13.9. The largest absolute Gasteiger partial charge is 0.391 e. The molecule has 0 radical (unpaired) electrons. The fourth-order valence-corrected chi connectivity index (χ4v) is 3.70. The van der Waals surface area contributed by atoms with Crippen molar-refractivity contribution in [2.45, 2.75) is 25.0 Å². The molecule has 3 N–H and O–H groups in total. The Bertz CT molecular complexity index is 1190. The van der Waals surface area contributed by atoms with Gasteiger partial charge >= 0.3 is 0 Å². The Labute approximate surface area is 183 Å². The summed E-state index contributed by atoms with van der Waals surface area (Å²) < 4.78 is 13.9. The molecule has 2 atom stereocenters. The SMILES string of the molecule is O=C(NNC(=O)[C@H]1C[C@@H](O)CN1C(=O)Cc1ccccc1F)c1ccc2ccccc2n1. The van der Waals surface area contributed by atoms with E-state index in [2.05, 4.69) is 15.8 Å². The number of nitrogens with zero attached hydrogens (tertiary/aromatic N) is 2. The third-order valence-corrected chi connectivity index (χ3v) is 5.33. The number of halogens is 1. The number of pyridine rings is 1. The van der Waals surface area contributed by atoms with Gasteiger partial charge in [-0.1, -0.05) is 42.5 Å². The molecule has 164 valence electrons. The van der Waals surface area contributed by atoms with Gasteiger partial charge in [-0.3, -0.25) is 25.2 Å². The summed E-state index contributed by atoms with van der Waals surface area (Å²) in [5.74, 6) is -2.28. The number of hydrazine groups is 1. The molecule has 0 spiro atoms. The fraction of sp³-hybridized carbons (Fsp3) is 0.217. The molecule has 4 rings (SSSR count). The number of nitrogens with one attached hydrogen (secondary N) is 2. The number of carbonyl (C=O) groups is 3. The number of benzene rings is 2. The first-order valence-corrected chi connectivity index (χ1v) is 10.1. The third kappa shape index (κ3) is 4.57. The standard InChI is InChI=1S/C23H21FN4O4/c24-17-7-3-1-6-15(17)11-21(30)28-13-16(29)12-20(28)23(32)27-26-22(31)19-10-9-14-5-2-4-8-18(14)25-19/h1-10,16,20,29H,11-13H2,(H,26,31)(H,27,32)/t16-,20-/m1/s1. The number of aliphatic hydroxyl groups excluding tert-OH is 1. The second-order valence-corrected chi connectivity index (χ2v) is 7.55. The minimum absolute atomic E-state index is 0.0128. The van der Waals surface area contributed by atoms with Crippen molar-refractivity contribution in [3.63, 3.8) is 0 Å². The zero-order valence-corrected chi connectivity index (χ0v) is 17.0. The van der Waals surface area contributed by atoms with Gasteiger partial charge in [0.05, 0.1) is 18.0 Å². The van der Waals surface area contributed by atoms with Crippen LogP contribution in [0.15, 0.2) is 60.7 Å². The molecule has 32 heavy (non-hydrogen) atoms. The fourth-order valence-electron chi connectivity index (χ4n) is 3.70. The molecule has 2 aromatic carbocycles. The van der Waals surface area contributed by atoms with Crippen molar-refractivity contribution in [2.75, 3.05) is 6.54 Å². The van der Waals surface area contributed by atoms with Crippen molar-refractivity contribution in [1.82, 2.24) is 20.7 Å². The first-order valence-electron chi connectivity index (χ1n) is 10.1. The van der Waals surface area contributed by atoms with Crippen molar-refractivity contribution in [3.05, 3.63) is 77.7 Å². The maximum atomic E-state index is 13.9. The normalized spacial score (nSPS) is 17.9. The van der Waals surface area contributed by atoms with Gasteiger partial charge in [-0.25, -0.2) is 9.37 Å². The topological polar surface area (TPSA) is 112 Å². The van der Waals surface area contributed by atoms with E-state index in [0.29, 0.717) is 5.52 Å². The maximum Gasteiger partial charge on any atom is 0.288 e. The van der Waals surface area contributed by atoms with Gasteiger partial charge in [-0.15, -0.1) is 0 Å². The monoisotopic (exact) mass is 436 g/mol. The zero-order valence-electron chi connectivity index (χ0n) is 17.0. The molecular formula is C23H21FN4O4. The van der Waals surface area contributed by atoms with Gasteiger partial charge in [0.15, 0.2) is 0 Å². The molecule has 8 nitrogen and oxygen atoms in total. The Morgan fingerprint density at radius 2 is 1.78 bits per heavy atom. The number of fused-ring (bicyclic) bond motifs is 1. The van der Waals surface area contributed by atoms with E-state index in [4.69, 9.17) is 0 Å². The number of hydrogen-bond donors (Lipinski definition) is 3. The number of aliphatic hydroxyl groups is 1. The Morgan fingerprint density at radius 1 is 1.03 bits per heavy atom. The molecule has 0 aliphatic carbocycles. The summed E-state index contributed by atoms with van der Waals surface area (Å²) in [5.41, 5.74) is 5.54. The number of aromatic nitrogens is 1. The Hall–Kier alpha value is -3.85. The van der Waals surface area contributed by atoms with E-state index in [1.54, 1.807) is 24.3 Å². The van der Waals surface area contributed by atoms with Crippen LogP contribution in [0, 0.1) is 5.82 Å². The molecule has 1 aliphatic rings. The van der Waals surface area contributed by atoms with Crippen molar-refractivity contribution < 1.29 is 23.9 Å². The van der Waals surface area contributed by atoms with Crippen LogP contribution in [0.4, 0.5) is 4.39 Å². The highest BCUT2D eigenvalue weighted by Gasteiger charge is 2.39. The number of likely N-dealkylation sites (tertiary alicyclic amines) is 1. The molecule has 1 saturated heterocycles. The second-order valence-electron chi connectivity index (χ2n) is 7.55. The van der Waals surface area contributed by atoms with Crippen molar-refractivity contribution in [2.24, 2.45) is 0 Å². The van der Waals surface area contributed by atoms with E-state index in [1.807, 2.05) is 12.1 Å². The second kappa shape index (κ2) is 9.11. The minimum Gasteiger partial charge on any atom is -0.391 e. The highest BCUT2D eigenvalue weighted by atomic mass is 19.1. The average Bonchev–Trinajstić information content (AvgIpc) is 3.20. The van der Waals surface area contributed by atoms with E-state index in [0.717, 1.165) is 5.39 Å². The summed E-state index contributed by atoms with van der Waals surface area (Å²) in [6, 6.07) is 15.5. The van der Waals surface area contributed by atoms with Gasteiger partial charge in [0, 0.05) is 18.4 Å². The van der Waals surface area contributed by atoms with E-state index >= 15 is 0 Å². The smallest absolute Gasteiger partial charge is 0.288 e. The summed E-state index contributed by atoms with van der Waals surface area (Å²) in [5, 5.41) is 10.9. The number of hydrogen-bond acceptors (Lipinski definition) is 5. The van der Waals surface area contributed by atoms with Gasteiger partial charge < -0.3 is 10.0 Å². The van der Waals surface area contributed by atoms with Crippen LogP contribution in [0.25, 0.3) is 10.9 Å². The number of rotatable bonds is 4. The van der Waals surface area contributed by atoms with E-state index in [9.17, 15) is 23.9 Å². The molecule has 2 heterocycles. The van der Waals surface area contributed by atoms with Gasteiger partial charge in [-0.2, -0.15) is 0 Å². The predicted molar refractivity (Wildman–Crippen MR) is 114 cm³/mol. The molecule has 0 saturated carbocycles. The molecule has 0 bridgehead atoms. The van der Waals surface area contributed by atoms with Crippen LogP contribution in [0.3, 0.4) is 0 Å². The summed E-state index contributed by atoms with van der Waals surface area (Å²) in [6.07, 6.45) is -1.12. The first-order chi connectivity index (χ1) is 15.4. The van der Waals surface area contributed by atoms with E-state index in [-0.39, 0.29) is 30.6 Å². The van der Waals surface area contributed by atoms with Gasteiger partial charge in [-0.05, 0) is 23.8 Å². The number of para-hydroxylation sites is 1. The third-order valence-electron chi connectivity index (χ3n) is 5.33. The lowest BCUT2D eigenvalue weighted by molar-refractivity contribution is -0.138. The molecular weight excluding hydrogens is 415 g/mol. The van der Waals surface area contributed by atoms with Crippen molar-refractivity contribution in [1.29, 1.82) is 0 Å². The van der Waals surface area contributed by atoms with Crippen LogP contribution >= 0.6 is 0 Å². The summed E-state index contributed by atoms with van der Waals surface area (Å²) in [7, 11) is 0. The van der Waals surface area contributed by atoms with Crippen LogP contribution in [-0.2, 0) is 16.0 Å². The summed E-state index contributed by atoms with van der Waals surface area (Å²) in [6.45, 7) is -0.0501. The predicted octanol–water partition coefficient (Wildman–Crippen LogP) is 1.34. The van der Waals surface area contributed by atoms with Gasteiger partial charge in [0.2, 0.25) is 5.91 Å². The van der Waals surface area contributed by atoms with Crippen LogP contribution < -0.4 is 10.9 Å². The molecule has 3 aromatic rings. The molecule has 1 aromatic heterocycles. The van der Waals surface area contributed by atoms with Crippen molar-refractivity contribution in [3.8, 4) is 0 Å². The summed E-state index contributed by atoms with van der Waals surface area (Å²) >= 11 is 0. The van der Waals surface area contributed by atoms with E-state index in [1.165, 1.54) is 29.2 Å². The lowest BCUT2D eigenvalue weighted by Crippen LogP contribution is -2.52. The number of carbonyl (C=O) groups excluding carboxylic acids is 3. The highest BCUT2D eigenvalue weighted by Crippen LogP contribution is 2.20. The lowest BCUT2D eigenvalue weighted by Gasteiger charge is -2.24. The lowest BCUT2D eigenvalue weighted by atomic mass is 10.1. The molecule has 9 heteroatoms. The quantitative estimate of drug-likeness (QED) is 0.535. The van der Waals surface area contributed by atoms with Gasteiger partial charge in [0.1, 0.15) is 17.6 Å². The number of amides is 3. The number of β-amino-alcohol motifs (C(OH)–C–C–N with tert-alkyl or cyclic N) is 1. The molecule has 1 aliphatic heterocycles.